The van der Waals surface area contributed by atoms with Gasteiger partial charge in [0.05, 0.1) is 18.3 Å². The lowest BCUT2D eigenvalue weighted by Gasteiger charge is -2.22. The van der Waals surface area contributed by atoms with Gasteiger partial charge < -0.3 is 10.1 Å². The molecule has 0 bridgehead atoms. The van der Waals surface area contributed by atoms with Gasteiger partial charge in [0.25, 0.3) is 0 Å². The highest BCUT2D eigenvalue weighted by Crippen LogP contribution is 2.35. The van der Waals surface area contributed by atoms with Crippen LogP contribution in [0.25, 0.3) is 21.6 Å². The van der Waals surface area contributed by atoms with Crippen LogP contribution in [0.15, 0.2) is 29.6 Å². The Kier molecular flexibility index (Phi) is 5.91. The van der Waals surface area contributed by atoms with E-state index in [0.29, 0.717) is 6.04 Å². The first-order valence-corrected chi connectivity index (χ1v) is 9.37. The molecule has 0 saturated carbocycles. The summed E-state index contributed by atoms with van der Waals surface area (Å²) in [5.74, 6) is 1.72. The average molecular weight is 372 g/mol. The highest BCUT2D eigenvalue weighted by Gasteiger charge is 2.20. The molecule has 3 rings (SSSR count). The summed E-state index contributed by atoms with van der Waals surface area (Å²) in [7, 11) is 1.68. The number of benzene rings is 1. The molecule has 0 aliphatic heterocycles. The Bertz CT molecular complexity index is 894. The quantitative estimate of drug-likeness (QED) is 0.600. The van der Waals surface area contributed by atoms with Crippen LogP contribution in [0.5, 0.6) is 5.75 Å². The van der Waals surface area contributed by atoms with Gasteiger partial charge in [-0.25, -0.2) is 9.97 Å². The maximum absolute atomic E-state index is 5.38. The molecule has 0 aliphatic rings. The summed E-state index contributed by atoms with van der Waals surface area (Å²) in [5, 5.41) is 7.48. The second-order valence-corrected chi connectivity index (χ2v) is 8.38. The largest absolute Gasteiger partial charge is 0.497 e. The summed E-state index contributed by atoms with van der Waals surface area (Å²) < 4.78 is 5.38. The van der Waals surface area contributed by atoms with E-state index in [2.05, 4.69) is 52.1 Å². The molecular formula is C21H29N3OS. The molecule has 26 heavy (non-hydrogen) atoms. The number of thiazole rings is 1. The van der Waals surface area contributed by atoms with Gasteiger partial charge in [0.1, 0.15) is 16.6 Å². The van der Waals surface area contributed by atoms with Gasteiger partial charge in [0, 0.05) is 22.9 Å². The molecule has 0 atom stereocenters. The normalized spacial score (nSPS) is 11.5. The minimum Gasteiger partial charge on any atom is -0.497 e. The molecule has 0 fully saturated rings. The summed E-state index contributed by atoms with van der Waals surface area (Å²) in [4.78, 5) is 9.57. The lowest BCUT2D eigenvalue weighted by atomic mass is 9.84. The van der Waals surface area contributed by atoms with Gasteiger partial charge in [-0.05, 0) is 43.0 Å². The molecule has 3 aromatic rings. The van der Waals surface area contributed by atoms with Crippen molar-refractivity contribution >= 4 is 28.1 Å². The van der Waals surface area contributed by atoms with Gasteiger partial charge in [-0.2, -0.15) is 0 Å². The third-order valence-corrected chi connectivity index (χ3v) is 4.85. The number of fused-ring (bicyclic) bond motifs is 1. The third-order valence-electron chi connectivity index (χ3n) is 3.98. The Morgan fingerprint density at radius 2 is 1.85 bits per heavy atom. The van der Waals surface area contributed by atoms with Crippen molar-refractivity contribution in [2.24, 2.45) is 0 Å². The molecule has 4 nitrogen and oxygen atoms in total. The van der Waals surface area contributed by atoms with Crippen LogP contribution in [-0.2, 0) is 5.41 Å². The number of nitrogens with zero attached hydrogens (tertiary/aromatic N) is 2. The smallest absolute Gasteiger partial charge is 0.144 e. The number of nitrogens with one attached hydrogen (secondary N) is 1. The molecule has 2 aromatic heterocycles. The van der Waals surface area contributed by atoms with E-state index in [1.165, 1.54) is 5.56 Å². The molecule has 0 unspecified atom stereocenters. The number of rotatable bonds is 4. The number of hydrogen-bond donors (Lipinski definition) is 1. The SMILES string of the molecule is C.COc1ccc2c(C(C)(C)C)cc(-c3nc(NC(C)C)cs3)nc2c1. The van der Waals surface area contributed by atoms with Crippen molar-refractivity contribution in [1.82, 2.24) is 9.97 Å². The fourth-order valence-electron chi connectivity index (χ4n) is 2.82. The summed E-state index contributed by atoms with van der Waals surface area (Å²) in [6, 6.07) is 8.61. The van der Waals surface area contributed by atoms with E-state index in [1.807, 2.05) is 17.5 Å². The van der Waals surface area contributed by atoms with Crippen molar-refractivity contribution in [2.45, 2.75) is 53.5 Å². The predicted molar refractivity (Wildman–Crippen MR) is 114 cm³/mol. The van der Waals surface area contributed by atoms with Gasteiger partial charge in [-0.3, -0.25) is 0 Å². The van der Waals surface area contributed by atoms with Crippen LogP contribution in [0.2, 0.25) is 0 Å². The van der Waals surface area contributed by atoms with Crippen LogP contribution in [0, 0.1) is 0 Å². The molecule has 0 saturated heterocycles. The van der Waals surface area contributed by atoms with E-state index >= 15 is 0 Å². The summed E-state index contributed by atoms with van der Waals surface area (Å²) in [6.07, 6.45) is 0. The number of anilines is 1. The highest BCUT2D eigenvalue weighted by atomic mass is 32.1. The van der Waals surface area contributed by atoms with Crippen molar-refractivity contribution in [3.05, 3.63) is 35.2 Å². The lowest BCUT2D eigenvalue weighted by Crippen LogP contribution is -2.12. The molecule has 0 amide bonds. The van der Waals surface area contributed by atoms with Gasteiger partial charge in [0.2, 0.25) is 0 Å². The fraction of sp³-hybridized carbons (Fsp3) is 0.429. The molecule has 140 valence electrons. The van der Waals surface area contributed by atoms with Crippen LogP contribution in [0.1, 0.15) is 47.6 Å². The number of ether oxygens (including phenoxy) is 1. The van der Waals surface area contributed by atoms with Crippen LogP contribution in [0.3, 0.4) is 0 Å². The van der Waals surface area contributed by atoms with Crippen molar-refractivity contribution < 1.29 is 4.74 Å². The lowest BCUT2D eigenvalue weighted by molar-refractivity contribution is 0.415. The van der Waals surface area contributed by atoms with Crippen LogP contribution < -0.4 is 10.1 Å². The van der Waals surface area contributed by atoms with E-state index in [9.17, 15) is 0 Å². The second-order valence-electron chi connectivity index (χ2n) is 7.53. The highest BCUT2D eigenvalue weighted by molar-refractivity contribution is 7.13. The maximum atomic E-state index is 5.38. The van der Waals surface area contributed by atoms with Gasteiger partial charge in [0.15, 0.2) is 0 Å². The summed E-state index contributed by atoms with van der Waals surface area (Å²) >= 11 is 1.62. The van der Waals surface area contributed by atoms with Crippen LogP contribution >= 0.6 is 11.3 Å². The number of pyridine rings is 1. The van der Waals surface area contributed by atoms with Crippen molar-refractivity contribution in [3.8, 4) is 16.5 Å². The number of methoxy groups -OCH3 is 1. The van der Waals surface area contributed by atoms with E-state index < -0.39 is 0 Å². The Balaban J connectivity index is 0.00000243. The maximum Gasteiger partial charge on any atom is 0.144 e. The zero-order valence-corrected chi connectivity index (χ0v) is 16.5. The summed E-state index contributed by atoms with van der Waals surface area (Å²) in [6.45, 7) is 10.9. The minimum absolute atomic E-state index is 0. The molecule has 1 aromatic carbocycles. The Hall–Kier alpha value is -2.14. The van der Waals surface area contributed by atoms with Gasteiger partial charge >= 0.3 is 0 Å². The van der Waals surface area contributed by atoms with Crippen LogP contribution in [-0.4, -0.2) is 23.1 Å². The zero-order valence-electron chi connectivity index (χ0n) is 15.7. The topological polar surface area (TPSA) is 47.0 Å². The molecule has 0 radical (unpaired) electrons. The standard InChI is InChI=1S/C20H25N3OS.CH4/c1-12(2)21-18-11-25-19(23-18)17-10-15(20(3,4)5)14-8-7-13(24-6)9-16(14)22-17;/h7-12,21H,1-6H3;1H4. The Morgan fingerprint density at radius 3 is 2.46 bits per heavy atom. The Labute approximate surface area is 160 Å². The monoisotopic (exact) mass is 371 g/mol. The first-order chi connectivity index (χ1) is 11.8. The second kappa shape index (κ2) is 7.62. The van der Waals surface area contributed by atoms with Crippen molar-refractivity contribution in [1.29, 1.82) is 0 Å². The minimum atomic E-state index is 0. The van der Waals surface area contributed by atoms with E-state index in [-0.39, 0.29) is 12.8 Å². The van der Waals surface area contributed by atoms with Gasteiger partial charge in [-0.1, -0.05) is 28.2 Å². The average Bonchev–Trinajstić information content (AvgIpc) is 3.00. The molecule has 2 heterocycles. The van der Waals surface area contributed by atoms with E-state index in [4.69, 9.17) is 14.7 Å². The fourth-order valence-corrected chi connectivity index (χ4v) is 3.54. The Morgan fingerprint density at radius 1 is 1.12 bits per heavy atom. The van der Waals surface area contributed by atoms with E-state index in [1.54, 1.807) is 18.4 Å². The molecule has 0 spiro atoms. The first-order valence-electron chi connectivity index (χ1n) is 8.49. The van der Waals surface area contributed by atoms with Gasteiger partial charge in [-0.15, -0.1) is 11.3 Å². The summed E-state index contributed by atoms with van der Waals surface area (Å²) in [5.41, 5.74) is 3.13. The van der Waals surface area contributed by atoms with Crippen LogP contribution in [0.4, 0.5) is 5.82 Å². The molecule has 5 heteroatoms. The first kappa shape index (κ1) is 20.2. The van der Waals surface area contributed by atoms with Crippen molar-refractivity contribution in [2.75, 3.05) is 12.4 Å². The number of hydrogen-bond acceptors (Lipinski definition) is 5. The molecular weight excluding hydrogens is 342 g/mol. The zero-order chi connectivity index (χ0) is 18.2. The molecule has 0 aliphatic carbocycles. The molecule has 1 N–H and O–H groups in total. The predicted octanol–water partition coefficient (Wildman–Crippen LogP) is 6.12. The van der Waals surface area contributed by atoms with Crippen molar-refractivity contribution in [3.63, 3.8) is 0 Å². The van der Waals surface area contributed by atoms with E-state index in [0.717, 1.165) is 33.2 Å². The third kappa shape index (κ3) is 4.15. The number of aromatic nitrogens is 2.